The maximum atomic E-state index is 12.2. The van der Waals surface area contributed by atoms with Gasteiger partial charge in [-0.1, -0.05) is 0 Å². The molecule has 0 aliphatic rings. The Morgan fingerprint density at radius 3 is 2.76 bits per heavy atom. The van der Waals surface area contributed by atoms with Crippen molar-refractivity contribution in [2.75, 3.05) is 12.9 Å². The van der Waals surface area contributed by atoms with Crippen LogP contribution in [-0.2, 0) is 16.4 Å². The van der Waals surface area contributed by atoms with Crippen LogP contribution < -0.4 is 4.74 Å². The number of hydrogen-bond acceptors (Lipinski definition) is 5. The van der Waals surface area contributed by atoms with Crippen molar-refractivity contribution in [1.29, 1.82) is 0 Å². The van der Waals surface area contributed by atoms with Gasteiger partial charge in [-0.15, -0.1) is 0 Å². The van der Waals surface area contributed by atoms with Crippen LogP contribution in [0.1, 0.15) is 10.4 Å². The van der Waals surface area contributed by atoms with E-state index in [2.05, 4.69) is 5.10 Å². The predicted octanol–water partition coefficient (Wildman–Crippen LogP) is 1.06. The van der Waals surface area contributed by atoms with Crippen LogP contribution in [0.15, 0.2) is 41.6 Å². The zero-order valence-electron chi connectivity index (χ0n) is 11.3. The molecule has 0 aliphatic heterocycles. The minimum Gasteiger partial charge on any atom is -0.496 e. The van der Waals surface area contributed by atoms with E-state index in [0.717, 1.165) is 6.07 Å². The van der Waals surface area contributed by atoms with Crippen molar-refractivity contribution in [1.82, 2.24) is 9.78 Å². The third kappa shape index (κ3) is 3.40. The SMILES string of the molecule is COc1ccc(S(=O)(=O)CCn2cccn2)cc1C(=O)O. The summed E-state index contributed by atoms with van der Waals surface area (Å²) in [5.41, 5.74) is -0.183. The number of methoxy groups -OCH3 is 1. The number of carboxylic acid groups (broad SMARTS) is 1. The smallest absolute Gasteiger partial charge is 0.339 e. The van der Waals surface area contributed by atoms with E-state index in [1.165, 1.54) is 23.9 Å². The van der Waals surface area contributed by atoms with E-state index in [4.69, 9.17) is 9.84 Å². The molecule has 8 heteroatoms. The first kappa shape index (κ1) is 15.0. The Morgan fingerprint density at radius 1 is 1.43 bits per heavy atom. The van der Waals surface area contributed by atoms with E-state index in [9.17, 15) is 13.2 Å². The summed E-state index contributed by atoms with van der Waals surface area (Å²) in [5, 5.41) is 13.0. The molecule has 0 saturated heterocycles. The Bertz CT molecular complexity index is 738. The second-order valence-corrected chi connectivity index (χ2v) is 6.36. The van der Waals surface area contributed by atoms with Crippen molar-refractivity contribution in [2.24, 2.45) is 0 Å². The predicted molar refractivity (Wildman–Crippen MR) is 74.2 cm³/mol. The molecule has 1 aromatic heterocycles. The van der Waals surface area contributed by atoms with Gasteiger partial charge in [0.15, 0.2) is 9.84 Å². The van der Waals surface area contributed by atoms with Crippen LogP contribution in [0.25, 0.3) is 0 Å². The number of aromatic nitrogens is 2. The highest BCUT2D eigenvalue weighted by atomic mass is 32.2. The molecular formula is C13H14N2O5S. The number of aryl methyl sites for hydroxylation is 1. The topological polar surface area (TPSA) is 98.5 Å². The number of rotatable bonds is 6. The van der Waals surface area contributed by atoms with Crippen LogP contribution in [-0.4, -0.2) is 42.1 Å². The number of aromatic carboxylic acids is 1. The van der Waals surface area contributed by atoms with Gasteiger partial charge >= 0.3 is 5.97 Å². The molecule has 2 aromatic rings. The summed E-state index contributed by atoms with van der Waals surface area (Å²) in [6.07, 6.45) is 3.22. The van der Waals surface area contributed by atoms with Gasteiger partial charge in [0.1, 0.15) is 11.3 Å². The molecule has 2 rings (SSSR count). The number of nitrogens with zero attached hydrogens (tertiary/aromatic N) is 2. The van der Waals surface area contributed by atoms with Gasteiger partial charge in [0.25, 0.3) is 0 Å². The first-order valence-electron chi connectivity index (χ1n) is 6.05. The fraction of sp³-hybridized carbons (Fsp3) is 0.231. The molecule has 0 unspecified atom stereocenters. The van der Waals surface area contributed by atoms with Gasteiger partial charge in [0.05, 0.1) is 24.3 Å². The highest BCUT2D eigenvalue weighted by Crippen LogP contribution is 2.23. The molecule has 0 fully saturated rings. The van der Waals surface area contributed by atoms with E-state index in [1.807, 2.05) is 0 Å². The van der Waals surface area contributed by atoms with E-state index < -0.39 is 15.8 Å². The summed E-state index contributed by atoms with van der Waals surface area (Å²) in [5.74, 6) is -1.29. The first-order chi connectivity index (χ1) is 9.94. The molecule has 0 radical (unpaired) electrons. The second-order valence-electron chi connectivity index (χ2n) is 4.26. The molecule has 21 heavy (non-hydrogen) atoms. The molecular weight excluding hydrogens is 296 g/mol. The number of sulfone groups is 1. The van der Waals surface area contributed by atoms with Crippen LogP contribution in [0, 0.1) is 0 Å². The summed E-state index contributed by atoms with van der Waals surface area (Å²) < 4.78 is 30.9. The molecule has 7 nitrogen and oxygen atoms in total. The van der Waals surface area contributed by atoms with Gasteiger partial charge in [0, 0.05) is 12.4 Å². The average Bonchev–Trinajstić information content (AvgIpc) is 2.97. The van der Waals surface area contributed by atoms with E-state index in [1.54, 1.807) is 18.5 Å². The van der Waals surface area contributed by atoms with Crippen LogP contribution in [0.3, 0.4) is 0 Å². The van der Waals surface area contributed by atoms with E-state index in [-0.39, 0.29) is 28.5 Å². The minimum absolute atomic E-state index is 0.0483. The van der Waals surface area contributed by atoms with Crippen molar-refractivity contribution in [3.63, 3.8) is 0 Å². The Morgan fingerprint density at radius 2 is 2.19 bits per heavy atom. The number of benzene rings is 1. The number of hydrogen-bond donors (Lipinski definition) is 1. The Hall–Kier alpha value is -2.35. The lowest BCUT2D eigenvalue weighted by molar-refractivity contribution is 0.0693. The highest BCUT2D eigenvalue weighted by Gasteiger charge is 2.19. The van der Waals surface area contributed by atoms with Gasteiger partial charge in [-0.3, -0.25) is 4.68 Å². The summed E-state index contributed by atoms with van der Waals surface area (Å²) in [4.78, 5) is 11.1. The number of ether oxygens (including phenoxy) is 1. The van der Waals surface area contributed by atoms with Crippen LogP contribution in [0.4, 0.5) is 0 Å². The zero-order chi connectivity index (χ0) is 15.5. The summed E-state index contributed by atoms with van der Waals surface area (Å²) in [6, 6.07) is 5.48. The average molecular weight is 310 g/mol. The Kier molecular flexibility index (Phi) is 4.27. The van der Waals surface area contributed by atoms with Gasteiger partial charge in [-0.2, -0.15) is 5.10 Å². The largest absolute Gasteiger partial charge is 0.496 e. The Balaban J connectivity index is 2.27. The van der Waals surface area contributed by atoms with Gasteiger partial charge in [-0.25, -0.2) is 13.2 Å². The molecule has 1 aromatic carbocycles. The van der Waals surface area contributed by atoms with Gasteiger partial charge < -0.3 is 9.84 Å². The van der Waals surface area contributed by atoms with E-state index in [0.29, 0.717) is 0 Å². The number of carboxylic acids is 1. The maximum Gasteiger partial charge on any atom is 0.339 e. The summed E-state index contributed by atoms with van der Waals surface area (Å²) in [6.45, 7) is 0.198. The highest BCUT2D eigenvalue weighted by molar-refractivity contribution is 7.91. The lowest BCUT2D eigenvalue weighted by Crippen LogP contribution is -2.14. The molecule has 112 valence electrons. The van der Waals surface area contributed by atoms with Crippen LogP contribution in [0.5, 0.6) is 5.75 Å². The molecule has 0 atom stereocenters. The van der Waals surface area contributed by atoms with Crippen molar-refractivity contribution in [2.45, 2.75) is 11.4 Å². The molecule has 0 bridgehead atoms. The van der Waals surface area contributed by atoms with Crippen molar-refractivity contribution in [3.8, 4) is 5.75 Å². The zero-order valence-corrected chi connectivity index (χ0v) is 12.1. The van der Waals surface area contributed by atoms with Crippen molar-refractivity contribution < 1.29 is 23.1 Å². The normalized spacial score (nSPS) is 11.3. The van der Waals surface area contributed by atoms with Crippen LogP contribution in [0.2, 0.25) is 0 Å². The molecule has 0 saturated carbocycles. The van der Waals surface area contributed by atoms with Gasteiger partial charge in [-0.05, 0) is 24.3 Å². The monoisotopic (exact) mass is 310 g/mol. The fourth-order valence-electron chi connectivity index (χ4n) is 1.81. The second kappa shape index (κ2) is 5.96. The van der Waals surface area contributed by atoms with E-state index >= 15 is 0 Å². The molecule has 0 spiro atoms. The lowest BCUT2D eigenvalue weighted by atomic mass is 10.2. The third-order valence-electron chi connectivity index (χ3n) is 2.91. The van der Waals surface area contributed by atoms with Gasteiger partial charge in [0.2, 0.25) is 0 Å². The van der Waals surface area contributed by atoms with Crippen molar-refractivity contribution in [3.05, 3.63) is 42.2 Å². The molecule has 1 heterocycles. The third-order valence-corrected chi connectivity index (χ3v) is 4.60. The molecule has 0 amide bonds. The Labute approximate surface area is 121 Å². The summed E-state index contributed by atoms with van der Waals surface area (Å²) >= 11 is 0. The summed E-state index contributed by atoms with van der Waals surface area (Å²) in [7, 11) is -2.27. The fourth-order valence-corrected chi connectivity index (χ4v) is 3.05. The van der Waals surface area contributed by atoms with Crippen LogP contribution >= 0.6 is 0 Å². The quantitative estimate of drug-likeness (QED) is 0.856. The maximum absolute atomic E-state index is 12.2. The molecule has 1 N–H and O–H groups in total. The standard InChI is InChI=1S/C13H14N2O5S/c1-20-12-4-3-10(9-11(12)13(16)17)21(18,19)8-7-15-6-2-5-14-15/h2-6,9H,7-8H2,1H3,(H,16,17). The first-order valence-corrected chi connectivity index (χ1v) is 7.71. The lowest BCUT2D eigenvalue weighted by Gasteiger charge is -2.09. The van der Waals surface area contributed by atoms with Crippen molar-refractivity contribution >= 4 is 15.8 Å². The number of carbonyl (C=O) groups is 1. The molecule has 0 aliphatic carbocycles. The minimum atomic E-state index is -3.60.